The first kappa shape index (κ1) is 17.3. The van der Waals surface area contributed by atoms with Crippen molar-refractivity contribution in [3.63, 3.8) is 0 Å². The zero-order chi connectivity index (χ0) is 16.5. The third kappa shape index (κ3) is 5.91. The minimum atomic E-state index is 0.633. The average molecular weight is 328 g/mol. The SMILES string of the molecule is COc1ccc(C)cc1NC(=S)NCCCCc1ccccc1. The van der Waals surface area contributed by atoms with Crippen molar-refractivity contribution in [1.29, 1.82) is 0 Å². The lowest BCUT2D eigenvalue weighted by Gasteiger charge is -2.14. The highest BCUT2D eigenvalue weighted by molar-refractivity contribution is 7.80. The van der Waals surface area contributed by atoms with Gasteiger partial charge in [0.25, 0.3) is 0 Å². The Balaban J connectivity index is 1.70. The van der Waals surface area contributed by atoms with Gasteiger partial charge in [-0.3, -0.25) is 0 Å². The Morgan fingerprint density at radius 2 is 1.87 bits per heavy atom. The van der Waals surface area contributed by atoms with Crippen LogP contribution in [0.2, 0.25) is 0 Å². The number of aryl methyl sites for hydroxylation is 2. The van der Waals surface area contributed by atoms with E-state index in [-0.39, 0.29) is 0 Å². The molecule has 122 valence electrons. The summed E-state index contributed by atoms with van der Waals surface area (Å²) in [6, 6.07) is 16.6. The minimum Gasteiger partial charge on any atom is -0.495 e. The minimum absolute atomic E-state index is 0.633. The standard InChI is InChI=1S/C19H24N2OS/c1-15-11-12-18(22-2)17(14-15)21-19(23)20-13-7-6-10-16-8-4-3-5-9-16/h3-5,8-9,11-12,14H,6-7,10,13H2,1-2H3,(H2,20,21,23). The molecule has 0 heterocycles. The van der Waals surface area contributed by atoms with Crippen molar-refractivity contribution < 1.29 is 4.74 Å². The van der Waals surface area contributed by atoms with Gasteiger partial charge in [-0.25, -0.2) is 0 Å². The molecule has 0 radical (unpaired) electrons. The van der Waals surface area contributed by atoms with Crippen molar-refractivity contribution in [3.05, 3.63) is 59.7 Å². The van der Waals surface area contributed by atoms with Crippen LogP contribution in [0.3, 0.4) is 0 Å². The van der Waals surface area contributed by atoms with E-state index < -0.39 is 0 Å². The zero-order valence-corrected chi connectivity index (χ0v) is 14.6. The first-order valence-electron chi connectivity index (χ1n) is 7.92. The number of hydrogen-bond acceptors (Lipinski definition) is 2. The Hall–Kier alpha value is -2.07. The van der Waals surface area contributed by atoms with Crippen molar-refractivity contribution in [1.82, 2.24) is 5.32 Å². The van der Waals surface area contributed by atoms with E-state index in [9.17, 15) is 0 Å². The van der Waals surface area contributed by atoms with Gasteiger partial charge in [-0.2, -0.15) is 0 Å². The van der Waals surface area contributed by atoms with Gasteiger partial charge >= 0.3 is 0 Å². The van der Waals surface area contributed by atoms with Crippen molar-refractivity contribution in [3.8, 4) is 5.75 Å². The second kappa shape index (κ2) is 9.16. The molecule has 23 heavy (non-hydrogen) atoms. The maximum atomic E-state index is 5.35. The second-order valence-electron chi connectivity index (χ2n) is 5.53. The van der Waals surface area contributed by atoms with E-state index in [1.165, 1.54) is 11.1 Å². The van der Waals surface area contributed by atoms with Crippen LogP contribution in [0.5, 0.6) is 5.75 Å². The maximum absolute atomic E-state index is 5.35. The molecule has 0 aliphatic heterocycles. The molecule has 2 aromatic rings. The average Bonchev–Trinajstić information content (AvgIpc) is 2.56. The lowest BCUT2D eigenvalue weighted by molar-refractivity contribution is 0.417. The van der Waals surface area contributed by atoms with Gasteiger partial charge in [-0.1, -0.05) is 36.4 Å². The number of unbranched alkanes of at least 4 members (excludes halogenated alkanes) is 1. The maximum Gasteiger partial charge on any atom is 0.170 e. The summed E-state index contributed by atoms with van der Waals surface area (Å²) in [7, 11) is 1.66. The summed E-state index contributed by atoms with van der Waals surface area (Å²) in [5.41, 5.74) is 3.45. The van der Waals surface area contributed by atoms with Crippen LogP contribution in [-0.4, -0.2) is 18.8 Å². The normalized spacial score (nSPS) is 10.2. The number of anilines is 1. The van der Waals surface area contributed by atoms with Crippen LogP contribution >= 0.6 is 12.2 Å². The Morgan fingerprint density at radius 3 is 2.61 bits per heavy atom. The molecule has 0 aliphatic carbocycles. The predicted octanol–water partition coefficient (Wildman–Crippen LogP) is 4.31. The van der Waals surface area contributed by atoms with Crippen LogP contribution in [0.25, 0.3) is 0 Å². The molecule has 0 saturated heterocycles. The molecule has 3 nitrogen and oxygen atoms in total. The van der Waals surface area contributed by atoms with Crippen molar-refractivity contribution in [2.75, 3.05) is 19.0 Å². The molecule has 0 atom stereocenters. The number of nitrogens with one attached hydrogen (secondary N) is 2. The van der Waals surface area contributed by atoms with E-state index in [4.69, 9.17) is 17.0 Å². The Bertz CT molecular complexity index is 629. The molecular formula is C19H24N2OS. The van der Waals surface area contributed by atoms with Gasteiger partial charge in [0.2, 0.25) is 0 Å². The molecule has 0 bridgehead atoms. The van der Waals surface area contributed by atoms with Crippen molar-refractivity contribution in [2.24, 2.45) is 0 Å². The summed E-state index contributed by atoms with van der Waals surface area (Å²) in [6.45, 7) is 2.91. The van der Waals surface area contributed by atoms with Crippen LogP contribution in [0.1, 0.15) is 24.0 Å². The highest BCUT2D eigenvalue weighted by atomic mass is 32.1. The zero-order valence-electron chi connectivity index (χ0n) is 13.8. The van der Waals surface area contributed by atoms with Gasteiger partial charge in [-0.15, -0.1) is 0 Å². The summed E-state index contributed by atoms with van der Waals surface area (Å²) < 4.78 is 5.34. The molecule has 0 fully saturated rings. The largest absolute Gasteiger partial charge is 0.495 e. The summed E-state index contributed by atoms with van der Waals surface area (Å²) in [6.07, 6.45) is 3.34. The van der Waals surface area contributed by atoms with Crippen LogP contribution in [-0.2, 0) is 6.42 Å². The molecule has 2 rings (SSSR count). The first-order chi connectivity index (χ1) is 11.2. The Labute approximate surface area is 144 Å². The van der Waals surface area contributed by atoms with E-state index in [2.05, 4.69) is 41.0 Å². The molecule has 0 aliphatic rings. The van der Waals surface area contributed by atoms with Gasteiger partial charge in [0.05, 0.1) is 12.8 Å². The van der Waals surface area contributed by atoms with Crippen molar-refractivity contribution in [2.45, 2.75) is 26.2 Å². The van der Waals surface area contributed by atoms with E-state index in [0.717, 1.165) is 37.2 Å². The third-order valence-corrected chi connectivity index (χ3v) is 3.87. The third-order valence-electron chi connectivity index (χ3n) is 3.62. The molecule has 2 aromatic carbocycles. The number of thiocarbonyl (C=S) groups is 1. The lowest BCUT2D eigenvalue weighted by atomic mass is 10.1. The fraction of sp³-hybridized carbons (Fsp3) is 0.316. The number of methoxy groups -OCH3 is 1. The summed E-state index contributed by atoms with van der Waals surface area (Å²) >= 11 is 5.35. The summed E-state index contributed by atoms with van der Waals surface area (Å²) in [5.74, 6) is 0.795. The van der Waals surface area contributed by atoms with E-state index in [0.29, 0.717) is 5.11 Å². The number of benzene rings is 2. The van der Waals surface area contributed by atoms with Gasteiger partial charge in [0.15, 0.2) is 5.11 Å². The molecule has 4 heteroatoms. The van der Waals surface area contributed by atoms with Crippen LogP contribution in [0.4, 0.5) is 5.69 Å². The van der Waals surface area contributed by atoms with Gasteiger partial charge in [0, 0.05) is 6.54 Å². The highest BCUT2D eigenvalue weighted by Gasteiger charge is 2.04. The molecule has 0 amide bonds. The van der Waals surface area contributed by atoms with Crippen LogP contribution in [0.15, 0.2) is 48.5 Å². The molecule has 0 aromatic heterocycles. The quantitative estimate of drug-likeness (QED) is 0.586. The monoisotopic (exact) mass is 328 g/mol. The van der Waals surface area contributed by atoms with Gasteiger partial charge in [0.1, 0.15) is 5.75 Å². The number of hydrogen-bond donors (Lipinski definition) is 2. The molecule has 0 spiro atoms. The van der Waals surface area contributed by atoms with Gasteiger partial charge in [-0.05, 0) is 61.7 Å². The molecule has 0 unspecified atom stereocenters. The summed E-state index contributed by atoms with van der Waals surface area (Å²) in [4.78, 5) is 0. The Morgan fingerprint density at radius 1 is 1.09 bits per heavy atom. The van der Waals surface area contributed by atoms with E-state index >= 15 is 0 Å². The van der Waals surface area contributed by atoms with Gasteiger partial charge < -0.3 is 15.4 Å². The highest BCUT2D eigenvalue weighted by Crippen LogP contribution is 2.24. The topological polar surface area (TPSA) is 33.3 Å². The number of ether oxygens (including phenoxy) is 1. The fourth-order valence-corrected chi connectivity index (χ4v) is 2.60. The first-order valence-corrected chi connectivity index (χ1v) is 8.33. The van der Waals surface area contributed by atoms with Crippen LogP contribution in [0, 0.1) is 6.92 Å². The lowest BCUT2D eigenvalue weighted by Crippen LogP contribution is -2.29. The molecular weight excluding hydrogens is 304 g/mol. The summed E-state index contributed by atoms with van der Waals surface area (Å²) in [5, 5.41) is 7.09. The molecule has 2 N–H and O–H groups in total. The van der Waals surface area contributed by atoms with E-state index in [1.54, 1.807) is 7.11 Å². The fourth-order valence-electron chi connectivity index (χ4n) is 2.39. The molecule has 0 saturated carbocycles. The number of rotatable bonds is 7. The van der Waals surface area contributed by atoms with Crippen LogP contribution < -0.4 is 15.4 Å². The van der Waals surface area contributed by atoms with E-state index in [1.807, 2.05) is 25.1 Å². The Kier molecular flexibility index (Phi) is 6.88. The van der Waals surface area contributed by atoms with Crippen molar-refractivity contribution >= 4 is 23.0 Å². The smallest absolute Gasteiger partial charge is 0.170 e. The predicted molar refractivity (Wildman–Crippen MR) is 101 cm³/mol. The second-order valence-corrected chi connectivity index (χ2v) is 5.94.